The Balaban J connectivity index is 1.90. The molecule has 0 spiro atoms. The van der Waals surface area contributed by atoms with Crippen LogP contribution in [0.3, 0.4) is 0 Å². The lowest BCUT2D eigenvalue weighted by Gasteiger charge is -2.02. The van der Waals surface area contributed by atoms with E-state index in [0.717, 1.165) is 16.7 Å². The molecule has 3 rings (SSSR count). The maximum atomic E-state index is 13.2. The highest BCUT2D eigenvalue weighted by Gasteiger charge is 2.11. The van der Waals surface area contributed by atoms with E-state index in [-0.39, 0.29) is 11.7 Å². The molecular weight excluding hydrogens is 267 g/mol. The van der Waals surface area contributed by atoms with Crippen molar-refractivity contribution in [3.8, 4) is 22.5 Å². The molecule has 0 aliphatic rings. The van der Waals surface area contributed by atoms with Gasteiger partial charge in [-0.25, -0.2) is 4.39 Å². The van der Waals surface area contributed by atoms with Crippen LogP contribution in [0.4, 0.5) is 4.39 Å². The predicted octanol–water partition coefficient (Wildman–Crippen LogP) is 4.67. The van der Waals surface area contributed by atoms with Gasteiger partial charge in [-0.05, 0) is 23.3 Å². The highest BCUT2D eigenvalue weighted by Crippen LogP contribution is 2.24. The molecule has 106 valence electrons. The highest BCUT2D eigenvalue weighted by molar-refractivity contribution is 5.67. The third-order valence-corrected chi connectivity index (χ3v) is 3.24. The van der Waals surface area contributed by atoms with E-state index in [4.69, 9.17) is 4.52 Å². The standard InChI is InChI=1S/C17H15FN2O/c1-11(2)17-19-16(20-21-17)13-8-6-12(7-9-13)14-4-3-5-15(18)10-14/h3-11H,1-2H3. The summed E-state index contributed by atoms with van der Waals surface area (Å²) < 4.78 is 18.4. The summed E-state index contributed by atoms with van der Waals surface area (Å²) in [6.45, 7) is 4.01. The Morgan fingerprint density at radius 3 is 2.29 bits per heavy atom. The summed E-state index contributed by atoms with van der Waals surface area (Å²) in [5.41, 5.74) is 2.68. The zero-order valence-corrected chi connectivity index (χ0v) is 11.9. The lowest BCUT2D eigenvalue weighted by atomic mass is 10.0. The third kappa shape index (κ3) is 2.84. The van der Waals surface area contributed by atoms with Crippen molar-refractivity contribution in [3.63, 3.8) is 0 Å². The minimum absolute atomic E-state index is 0.206. The summed E-state index contributed by atoms with van der Waals surface area (Å²) in [6.07, 6.45) is 0. The van der Waals surface area contributed by atoms with Crippen molar-refractivity contribution in [2.45, 2.75) is 19.8 Å². The van der Waals surface area contributed by atoms with Gasteiger partial charge in [0.05, 0.1) is 0 Å². The van der Waals surface area contributed by atoms with Gasteiger partial charge in [-0.15, -0.1) is 0 Å². The summed E-state index contributed by atoms with van der Waals surface area (Å²) in [5, 5.41) is 3.98. The second kappa shape index (κ2) is 5.48. The number of nitrogens with zero attached hydrogens (tertiary/aromatic N) is 2. The molecule has 0 saturated carbocycles. The molecule has 1 aromatic heterocycles. The zero-order valence-electron chi connectivity index (χ0n) is 11.9. The van der Waals surface area contributed by atoms with E-state index in [0.29, 0.717) is 11.7 Å². The van der Waals surface area contributed by atoms with E-state index in [9.17, 15) is 4.39 Å². The van der Waals surface area contributed by atoms with Gasteiger partial charge in [-0.2, -0.15) is 4.98 Å². The molecule has 0 bridgehead atoms. The normalized spacial score (nSPS) is 11.0. The number of halogens is 1. The predicted molar refractivity (Wildman–Crippen MR) is 79.2 cm³/mol. The molecule has 0 aliphatic carbocycles. The number of hydrogen-bond acceptors (Lipinski definition) is 3. The van der Waals surface area contributed by atoms with Crippen molar-refractivity contribution >= 4 is 0 Å². The Kier molecular flexibility index (Phi) is 3.52. The van der Waals surface area contributed by atoms with Gasteiger partial charge in [0.2, 0.25) is 11.7 Å². The van der Waals surface area contributed by atoms with Gasteiger partial charge >= 0.3 is 0 Å². The SMILES string of the molecule is CC(C)c1nc(-c2ccc(-c3cccc(F)c3)cc2)no1. The number of aromatic nitrogens is 2. The zero-order chi connectivity index (χ0) is 14.8. The largest absolute Gasteiger partial charge is 0.339 e. The van der Waals surface area contributed by atoms with Gasteiger partial charge in [0.15, 0.2) is 0 Å². The lowest BCUT2D eigenvalue weighted by Crippen LogP contribution is -1.87. The Hall–Kier alpha value is -2.49. The van der Waals surface area contributed by atoms with Crippen LogP contribution < -0.4 is 0 Å². The molecule has 0 atom stereocenters. The van der Waals surface area contributed by atoms with Crippen molar-refractivity contribution in [2.24, 2.45) is 0 Å². The average Bonchev–Trinajstić information content (AvgIpc) is 2.97. The molecule has 0 amide bonds. The second-order valence-corrected chi connectivity index (χ2v) is 5.20. The summed E-state index contributed by atoms with van der Waals surface area (Å²) in [6, 6.07) is 14.2. The smallest absolute Gasteiger partial charge is 0.229 e. The van der Waals surface area contributed by atoms with E-state index >= 15 is 0 Å². The number of hydrogen-bond donors (Lipinski definition) is 0. The Morgan fingerprint density at radius 2 is 1.67 bits per heavy atom. The van der Waals surface area contributed by atoms with Gasteiger partial charge < -0.3 is 4.52 Å². The van der Waals surface area contributed by atoms with Gasteiger partial charge in [-0.3, -0.25) is 0 Å². The first-order chi connectivity index (χ1) is 10.1. The fraction of sp³-hybridized carbons (Fsp3) is 0.176. The molecule has 3 aromatic rings. The van der Waals surface area contributed by atoms with E-state index in [2.05, 4.69) is 10.1 Å². The van der Waals surface area contributed by atoms with E-state index in [1.807, 2.05) is 44.2 Å². The van der Waals surface area contributed by atoms with Crippen molar-refractivity contribution in [3.05, 3.63) is 60.2 Å². The first-order valence-corrected chi connectivity index (χ1v) is 6.83. The van der Waals surface area contributed by atoms with Crippen LogP contribution in [0.25, 0.3) is 22.5 Å². The molecule has 3 nitrogen and oxygen atoms in total. The van der Waals surface area contributed by atoms with Gasteiger partial charge in [0.1, 0.15) is 5.82 Å². The van der Waals surface area contributed by atoms with Crippen LogP contribution in [0, 0.1) is 5.82 Å². The number of benzene rings is 2. The fourth-order valence-electron chi connectivity index (χ4n) is 2.07. The molecular formula is C17H15FN2O. The van der Waals surface area contributed by atoms with Crippen LogP contribution in [-0.2, 0) is 0 Å². The minimum Gasteiger partial charge on any atom is -0.339 e. The Bertz CT molecular complexity index is 747. The van der Waals surface area contributed by atoms with E-state index < -0.39 is 0 Å². The second-order valence-electron chi connectivity index (χ2n) is 5.20. The molecule has 0 saturated heterocycles. The third-order valence-electron chi connectivity index (χ3n) is 3.24. The molecule has 21 heavy (non-hydrogen) atoms. The molecule has 0 fully saturated rings. The van der Waals surface area contributed by atoms with Crippen LogP contribution in [-0.4, -0.2) is 10.1 Å². The molecule has 0 radical (unpaired) electrons. The van der Waals surface area contributed by atoms with Crippen LogP contribution in [0.5, 0.6) is 0 Å². The van der Waals surface area contributed by atoms with Gasteiger partial charge in [0, 0.05) is 11.5 Å². The maximum absolute atomic E-state index is 13.2. The van der Waals surface area contributed by atoms with Crippen molar-refractivity contribution < 1.29 is 8.91 Å². The first kappa shape index (κ1) is 13.5. The molecule has 4 heteroatoms. The van der Waals surface area contributed by atoms with E-state index in [1.165, 1.54) is 12.1 Å². The molecule has 0 aliphatic heterocycles. The van der Waals surface area contributed by atoms with Crippen LogP contribution in [0.15, 0.2) is 53.1 Å². The van der Waals surface area contributed by atoms with Crippen LogP contribution in [0.1, 0.15) is 25.7 Å². The molecule has 1 heterocycles. The maximum Gasteiger partial charge on any atom is 0.229 e. The highest BCUT2D eigenvalue weighted by atomic mass is 19.1. The summed E-state index contributed by atoms with van der Waals surface area (Å²) in [5.74, 6) is 1.16. The summed E-state index contributed by atoms with van der Waals surface area (Å²) >= 11 is 0. The Morgan fingerprint density at radius 1 is 0.952 bits per heavy atom. The van der Waals surface area contributed by atoms with Crippen molar-refractivity contribution in [1.82, 2.24) is 10.1 Å². The summed E-state index contributed by atoms with van der Waals surface area (Å²) in [7, 11) is 0. The monoisotopic (exact) mass is 282 g/mol. The number of rotatable bonds is 3. The summed E-state index contributed by atoms with van der Waals surface area (Å²) in [4.78, 5) is 4.36. The average molecular weight is 282 g/mol. The molecule has 2 aromatic carbocycles. The molecule has 0 unspecified atom stereocenters. The lowest BCUT2D eigenvalue weighted by molar-refractivity contribution is 0.365. The first-order valence-electron chi connectivity index (χ1n) is 6.83. The minimum atomic E-state index is -0.240. The van der Waals surface area contributed by atoms with Crippen molar-refractivity contribution in [2.75, 3.05) is 0 Å². The Labute approximate surface area is 122 Å². The van der Waals surface area contributed by atoms with Gasteiger partial charge in [-0.1, -0.05) is 55.4 Å². The van der Waals surface area contributed by atoms with Crippen LogP contribution >= 0.6 is 0 Å². The topological polar surface area (TPSA) is 38.9 Å². The van der Waals surface area contributed by atoms with Gasteiger partial charge in [0.25, 0.3) is 0 Å². The fourth-order valence-corrected chi connectivity index (χ4v) is 2.07. The van der Waals surface area contributed by atoms with E-state index in [1.54, 1.807) is 6.07 Å². The van der Waals surface area contributed by atoms with Crippen LogP contribution in [0.2, 0.25) is 0 Å². The molecule has 0 N–H and O–H groups in total. The quantitative estimate of drug-likeness (QED) is 0.701. The van der Waals surface area contributed by atoms with Crippen molar-refractivity contribution in [1.29, 1.82) is 0 Å².